The highest BCUT2D eigenvalue weighted by Crippen LogP contribution is 2.22. The van der Waals surface area contributed by atoms with Crippen molar-refractivity contribution in [2.24, 2.45) is 0 Å². The first-order valence-corrected chi connectivity index (χ1v) is 4.94. The average Bonchev–Trinajstić information content (AvgIpc) is 2.52. The molecule has 0 aliphatic heterocycles. The number of aliphatic hydroxyl groups is 1. The van der Waals surface area contributed by atoms with Gasteiger partial charge in [0.1, 0.15) is 0 Å². The molecule has 62 valence electrons. The second-order valence-corrected chi connectivity index (χ2v) is 3.65. The SMILES string of the molecule is CCCCC(O)c1cccs1. The highest BCUT2D eigenvalue weighted by Gasteiger charge is 2.06. The lowest BCUT2D eigenvalue weighted by Gasteiger charge is -2.05. The molecule has 0 radical (unpaired) electrons. The third-order valence-corrected chi connectivity index (χ3v) is 2.68. The third kappa shape index (κ3) is 2.64. The van der Waals surface area contributed by atoms with E-state index in [1.165, 1.54) is 0 Å². The first kappa shape index (κ1) is 8.75. The summed E-state index contributed by atoms with van der Waals surface area (Å²) in [5.74, 6) is 0. The Labute approximate surface area is 71.7 Å². The first-order valence-electron chi connectivity index (χ1n) is 4.06. The molecular formula is C9H14OS. The van der Waals surface area contributed by atoms with E-state index in [1.54, 1.807) is 11.3 Å². The lowest BCUT2D eigenvalue weighted by Crippen LogP contribution is -1.92. The van der Waals surface area contributed by atoms with Crippen molar-refractivity contribution in [2.75, 3.05) is 0 Å². The average molecular weight is 170 g/mol. The second kappa shape index (κ2) is 4.52. The van der Waals surface area contributed by atoms with Crippen LogP contribution in [-0.4, -0.2) is 5.11 Å². The van der Waals surface area contributed by atoms with Crippen LogP contribution in [-0.2, 0) is 0 Å². The molecule has 1 rings (SSSR count). The Balaban J connectivity index is 2.36. The van der Waals surface area contributed by atoms with E-state index in [1.807, 2.05) is 17.5 Å². The van der Waals surface area contributed by atoms with Crippen molar-refractivity contribution in [3.05, 3.63) is 22.4 Å². The van der Waals surface area contributed by atoms with E-state index < -0.39 is 0 Å². The van der Waals surface area contributed by atoms with Gasteiger partial charge in [-0.05, 0) is 17.9 Å². The van der Waals surface area contributed by atoms with Crippen molar-refractivity contribution in [3.63, 3.8) is 0 Å². The number of aliphatic hydroxyl groups excluding tert-OH is 1. The van der Waals surface area contributed by atoms with Crippen LogP contribution < -0.4 is 0 Å². The number of thiophene rings is 1. The van der Waals surface area contributed by atoms with Gasteiger partial charge in [-0.1, -0.05) is 25.8 Å². The van der Waals surface area contributed by atoms with Crippen LogP contribution in [0.25, 0.3) is 0 Å². The Bertz CT molecular complexity index is 181. The zero-order chi connectivity index (χ0) is 8.10. The molecule has 1 atom stereocenters. The largest absolute Gasteiger partial charge is 0.388 e. The molecule has 0 aliphatic rings. The van der Waals surface area contributed by atoms with Gasteiger partial charge in [-0.3, -0.25) is 0 Å². The van der Waals surface area contributed by atoms with Crippen molar-refractivity contribution < 1.29 is 5.11 Å². The fourth-order valence-corrected chi connectivity index (χ4v) is 1.77. The maximum absolute atomic E-state index is 9.55. The minimum Gasteiger partial charge on any atom is -0.388 e. The number of hydrogen-bond donors (Lipinski definition) is 1. The van der Waals surface area contributed by atoms with Gasteiger partial charge in [0.2, 0.25) is 0 Å². The minimum atomic E-state index is -0.227. The van der Waals surface area contributed by atoms with Crippen LogP contribution >= 0.6 is 11.3 Å². The summed E-state index contributed by atoms with van der Waals surface area (Å²) in [4.78, 5) is 1.10. The number of unbranched alkanes of at least 4 members (excludes halogenated alkanes) is 1. The lowest BCUT2D eigenvalue weighted by molar-refractivity contribution is 0.168. The third-order valence-electron chi connectivity index (χ3n) is 1.70. The lowest BCUT2D eigenvalue weighted by atomic mass is 10.1. The molecule has 1 nitrogen and oxygen atoms in total. The predicted molar refractivity (Wildman–Crippen MR) is 48.8 cm³/mol. The topological polar surface area (TPSA) is 20.2 Å². The normalized spacial score (nSPS) is 13.3. The van der Waals surface area contributed by atoms with Crippen molar-refractivity contribution in [2.45, 2.75) is 32.3 Å². The van der Waals surface area contributed by atoms with Gasteiger partial charge in [-0.25, -0.2) is 0 Å². The zero-order valence-corrected chi connectivity index (χ0v) is 7.60. The summed E-state index contributed by atoms with van der Waals surface area (Å²) in [6, 6.07) is 3.97. The van der Waals surface area contributed by atoms with E-state index in [9.17, 15) is 5.11 Å². The monoisotopic (exact) mass is 170 g/mol. The molecule has 0 aromatic carbocycles. The molecule has 1 unspecified atom stereocenters. The van der Waals surface area contributed by atoms with Gasteiger partial charge in [0.15, 0.2) is 0 Å². The molecule has 0 saturated heterocycles. The summed E-state index contributed by atoms with van der Waals surface area (Å²) in [6.45, 7) is 2.14. The Hall–Kier alpha value is -0.340. The summed E-state index contributed by atoms with van der Waals surface area (Å²) in [7, 11) is 0. The van der Waals surface area contributed by atoms with Crippen molar-refractivity contribution in [3.8, 4) is 0 Å². The van der Waals surface area contributed by atoms with Gasteiger partial charge < -0.3 is 5.11 Å². The smallest absolute Gasteiger partial charge is 0.0882 e. The number of hydrogen-bond acceptors (Lipinski definition) is 2. The molecule has 0 amide bonds. The molecule has 1 aromatic heterocycles. The highest BCUT2D eigenvalue weighted by atomic mass is 32.1. The molecular weight excluding hydrogens is 156 g/mol. The quantitative estimate of drug-likeness (QED) is 0.736. The maximum Gasteiger partial charge on any atom is 0.0882 e. The van der Waals surface area contributed by atoms with Crippen LogP contribution in [0.15, 0.2) is 17.5 Å². The van der Waals surface area contributed by atoms with Gasteiger partial charge in [-0.2, -0.15) is 0 Å². The molecule has 11 heavy (non-hydrogen) atoms. The Kier molecular flexibility index (Phi) is 3.60. The van der Waals surface area contributed by atoms with Gasteiger partial charge in [0, 0.05) is 4.88 Å². The summed E-state index contributed by atoms with van der Waals surface area (Å²) in [6.07, 6.45) is 2.94. The highest BCUT2D eigenvalue weighted by molar-refractivity contribution is 7.10. The first-order chi connectivity index (χ1) is 5.34. The van der Waals surface area contributed by atoms with Gasteiger partial charge in [-0.15, -0.1) is 11.3 Å². The minimum absolute atomic E-state index is 0.227. The molecule has 0 bridgehead atoms. The summed E-state index contributed by atoms with van der Waals surface area (Å²) in [5, 5.41) is 11.6. The molecule has 0 saturated carbocycles. The van der Waals surface area contributed by atoms with E-state index in [0.29, 0.717) is 0 Å². The molecule has 1 heterocycles. The molecule has 0 fully saturated rings. The molecule has 2 heteroatoms. The summed E-state index contributed by atoms with van der Waals surface area (Å²) >= 11 is 1.63. The zero-order valence-electron chi connectivity index (χ0n) is 6.79. The molecule has 0 spiro atoms. The Morgan fingerprint density at radius 1 is 1.64 bits per heavy atom. The van der Waals surface area contributed by atoms with Gasteiger partial charge >= 0.3 is 0 Å². The van der Waals surface area contributed by atoms with Crippen LogP contribution in [0.4, 0.5) is 0 Å². The maximum atomic E-state index is 9.55. The van der Waals surface area contributed by atoms with E-state index in [-0.39, 0.29) is 6.10 Å². The van der Waals surface area contributed by atoms with Crippen LogP contribution in [0.2, 0.25) is 0 Å². The second-order valence-electron chi connectivity index (χ2n) is 2.67. The number of rotatable bonds is 4. The van der Waals surface area contributed by atoms with Crippen molar-refractivity contribution in [1.82, 2.24) is 0 Å². The van der Waals surface area contributed by atoms with E-state index in [0.717, 1.165) is 24.1 Å². The van der Waals surface area contributed by atoms with Gasteiger partial charge in [0.25, 0.3) is 0 Å². The fourth-order valence-electron chi connectivity index (χ4n) is 1.02. The van der Waals surface area contributed by atoms with Crippen LogP contribution in [0.1, 0.15) is 37.2 Å². The standard InChI is InChI=1S/C9H14OS/c1-2-3-5-8(10)9-6-4-7-11-9/h4,6-8,10H,2-3,5H2,1H3. The molecule has 1 aromatic rings. The van der Waals surface area contributed by atoms with Crippen LogP contribution in [0.5, 0.6) is 0 Å². The Morgan fingerprint density at radius 2 is 2.45 bits per heavy atom. The van der Waals surface area contributed by atoms with Crippen molar-refractivity contribution in [1.29, 1.82) is 0 Å². The molecule has 1 N–H and O–H groups in total. The van der Waals surface area contributed by atoms with E-state index >= 15 is 0 Å². The fraction of sp³-hybridized carbons (Fsp3) is 0.556. The summed E-state index contributed by atoms with van der Waals surface area (Å²) in [5.41, 5.74) is 0. The van der Waals surface area contributed by atoms with E-state index in [4.69, 9.17) is 0 Å². The predicted octanol–water partition coefficient (Wildman–Crippen LogP) is 2.97. The van der Waals surface area contributed by atoms with Crippen LogP contribution in [0.3, 0.4) is 0 Å². The van der Waals surface area contributed by atoms with E-state index in [2.05, 4.69) is 6.92 Å². The molecule has 0 aliphatic carbocycles. The van der Waals surface area contributed by atoms with Crippen molar-refractivity contribution >= 4 is 11.3 Å². The van der Waals surface area contributed by atoms with Crippen LogP contribution in [0, 0.1) is 0 Å². The van der Waals surface area contributed by atoms with Gasteiger partial charge in [0.05, 0.1) is 6.10 Å². The Morgan fingerprint density at radius 3 is 3.00 bits per heavy atom. The summed E-state index contributed by atoms with van der Waals surface area (Å²) < 4.78 is 0.